The van der Waals surface area contributed by atoms with Gasteiger partial charge in [-0.05, 0) is 32.1 Å². The molecular weight excluding hydrogens is 196 g/mol. The molecule has 0 radical (unpaired) electrons. The standard InChI is InChI=1S/C12H20N2.C2H6/c1-2-4-11-5-7-12(8-6-11)14-10-3-9-13;1-2/h4,12,14H,2-3,5-8,10H2,1H3;1-2H3. The topological polar surface area (TPSA) is 35.8 Å². The van der Waals surface area contributed by atoms with Crippen LogP contribution >= 0.6 is 0 Å². The lowest BCUT2D eigenvalue weighted by molar-refractivity contribution is 0.422. The zero-order valence-electron chi connectivity index (χ0n) is 11.1. The Balaban J connectivity index is 0.00000106. The lowest BCUT2D eigenvalue weighted by Gasteiger charge is -2.24. The molecule has 0 heterocycles. The Morgan fingerprint density at radius 3 is 2.50 bits per heavy atom. The third-order valence-corrected chi connectivity index (χ3v) is 2.79. The minimum Gasteiger partial charge on any atom is -0.313 e. The Hall–Kier alpha value is -0.810. The van der Waals surface area contributed by atoms with E-state index in [1.165, 1.54) is 32.1 Å². The van der Waals surface area contributed by atoms with Crippen LogP contribution in [-0.2, 0) is 0 Å². The summed E-state index contributed by atoms with van der Waals surface area (Å²) >= 11 is 0. The van der Waals surface area contributed by atoms with Gasteiger partial charge in [-0.15, -0.1) is 0 Å². The van der Waals surface area contributed by atoms with E-state index in [9.17, 15) is 0 Å². The Morgan fingerprint density at radius 1 is 1.38 bits per heavy atom. The molecule has 0 unspecified atom stereocenters. The summed E-state index contributed by atoms with van der Waals surface area (Å²) in [4.78, 5) is 0. The molecular formula is C14H26N2. The monoisotopic (exact) mass is 222 g/mol. The first-order chi connectivity index (χ1) is 7.86. The van der Waals surface area contributed by atoms with Crippen molar-refractivity contribution >= 4 is 0 Å². The van der Waals surface area contributed by atoms with Gasteiger partial charge in [-0.3, -0.25) is 0 Å². The first kappa shape index (κ1) is 15.2. The summed E-state index contributed by atoms with van der Waals surface area (Å²) in [7, 11) is 0. The van der Waals surface area contributed by atoms with E-state index < -0.39 is 0 Å². The smallest absolute Gasteiger partial charge is 0.0635 e. The van der Waals surface area contributed by atoms with Gasteiger partial charge in [-0.2, -0.15) is 5.26 Å². The maximum atomic E-state index is 8.41. The molecule has 0 bridgehead atoms. The molecule has 92 valence electrons. The lowest BCUT2D eigenvalue weighted by Crippen LogP contribution is -2.32. The van der Waals surface area contributed by atoms with E-state index in [0.717, 1.165) is 6.54 Å². The summed E-state index contributed by atoms with van der Waals surface area (Å²) in [6.45, 7) is 7.05. The Morgan fingerprint density at radius 2 is 2.00 bits per heavy atom. The molecule has 0 aromatic carbocycles. The zero-order valence-corrected chi connectivity index (χ0v) is 11.1. The molecule has 0 amide bonds. The van der Waals surface area contributed by atoms with Crippen LogP contribution in [0.1, 0.15) is 59.3 Å². The Kier molecular flexibility index (Phi) is 10.2. The van der Waals surface area contributed by atoms with Crippen LogP contribution in [0, 0.1) is 11.3 Å². The van der Waals surface area contributed by atoms with E-state index in [0.29, 0.717) is 12.5 Å². The second-order valence-corrected chi connectivity index (χ2v) is 3.91. The first-order valence-corrected chi connectivity index (χ1v) is 6.65. The molecule has 2 nitrogen and oxygen atoms in total. The Bertz CT molecular complexity index is 215. The van der Waals surface area contributed by atoms with E-state index in [2.05, 4.69) is 24.4 Å². The van der Waals surface area contributed by atoms with Crippen molar-refractivity contribution < 1.29 is 0 Å². The number of nitrogens with one attached hydrogen (secondary N) is 1. The number of hydrogen-bond acceptors (Lipinski definition) is 2. The highest BCUT2D eigenvalue weighted by atomic mass is 14.9. The second kappa shape index (κ2) is 10.7. The van der Waals surface area contributed by atoms with E-state index in [1.54, 1.807) is 5.57 Å². The lowest BCUT2D eigenvalue weighted by atomic mass is 9.90. The van der Waals surface area contributed by atoms with Crippen molar-refractivity contribution in [1.29, 1.82) is 5.26 Å². The van der Waals surface area contributed by atoms with Crippen LogP contribution < -0.4 is 5.32 Å². The van der Waals surface area contributed by atoms with Gasteiger partial charge in [-0.25, -0.2) is 0 Å². The molecule has 1 N–H and O–H groups in total. The van der Waals surface area contributed by atoms with Gasteiger partial charge in [0.15, 0.2) is 0 Å². The van der Waals surface area contributed by atoms with Gasteiger partial charge < -0.3 is 5.32 Å². The summed E-state index contributed by atoms with van der Waals surface area (Å²) < 4.78 is 0. The van der Waals surface area contributed by atoms with Crippen molar-refractivity contribution in [2.45, 2.75) is 65.3 Å². The number of hydrogen-bond donors (Lipinski definition) is 1. The van der Waals surface area contributed by atoms with Gasteiger partial charge >= 0.3 is 0 Å². The van der Waals surface area contributed by atoms with Crippen molar-refractivity contribution in [2.24, 2.45) is 0 Å². The van der Waals surface area contributed by atoms with Crippen molar-refractivity contribution in [3.63, 3.8) is 0 Å². The fraction of sp³-hybridized carbons (Fsp3) is 0.786. The number of allylic oxidation sites excluding steroid dienone is 2. The number of nitrogens with zero attached hydrogens (tertiary/aromatic N) is 1. The molecule has 1 saturated carbocycles. The van der Waals surface area contributed by atoms with Gasteiger partial charge in [0.05, 0.1) is 6.07 Å². The molecule has 0 saturated heterocycles. The fourth-order valence-electron chi connectivity index (χ4n) is 2.02. The highest BCUT2D eigenvalue weighted by Gasteiger charge is 2.14. The summed E-state index contributed by atoms with van der Waals surface area (Å²) in [6.07, 6.45) is 9.16. The van der Waals surface area contributed by atoms with Crippen LogP contribution in [0.15, 0.2) is 11.6 Å². The zero-order chi connectivity index (χ0) is 12.2. The predicted molar refractivity (Wildman–Crippen MR) is 70.2 cm³/mol. The van der Waals surface area contributed by atoms with Crippen LogP contribution in [0.25, 0.3) is 0 Å². The molecule has 1 rings (SSSR count). The van der Waals surface area contributed by atoms with Crippen LogP contribution in [-0.4, -0.2) is 12.6 Å². The predicted octanol–water partition coefficient (Wildman–Crippen LogP) is 3.79. The third kappa shape index (κ3) is 6.63. The molecule has 1 fully saturated rings. The van der Waals surface area contributed by atoms with E-state index >= 15 is 0 Å². The maximum absolute atomic E-state index is 8.41. The normalized spacial score (nSPS) is 19.4. The van der Waals surface area contributed by atoms with Gasteiger partial charge in [-0.1, -0.05) is 32.4 Å². The van der Waals surface area contributed by atoms with Crippen LogP contribution in [0.5, 0.6) is 0 Å². The molecule has 1 aliphatic carbocycles. The highest BCUT2D eigenvalue weighted by Crippen LogP contribution is 2.23. The van der Waals surface area contributed by atoms with Crippen molar-refractivity contribution in [3.05, 3.63) is 11.6 Å². The first-order valence-electron chi connectivity index (χ1n) is 6.65. The molecule has 0 aromatic heterocycles. The summed E-state index contributed by atoms with van der Waals surface area (Å²) in [5.41, 5.74) is 1.63. The number of nitriles is 1. The Labute approximate surface area is 101 Å². The van der Waals surface area contributed by atoms with Crippen LogP contribution in [0.3, 0.4) is 0 Å². The summed E-state index contributed by atoms with van der Waals surface area (Å²) in [5, 5.41) is 11.8. The second-order valence-electron chi connectivity index (χ2n) is 3.91. The van der Waals surface area contributed by atoms with Crippen LogP contribution in [0.2, 0.25) is 0 Å². The average molecular weight is 222 g/mol. The molecule has 0 atom stereocenters. The molecule has 1 aliphatic rings. The summed E-state index contributed by atoms with van der Waals surface area (Å²) in [6, 6.07) is 2.81. The quantitative estimate of drug-likeness (QED) is 0.580. The molecule has 0 aliphatic heterocycles. The van der Waals surface area contributed by atoms with Crippen molar-refractivity contribution in [2.75, 3.05) is 6.54 Å². The van der Waals surface area contributed by atoms with Gasteiger partial charge in [0.2, 0.25) is 0 Å². The average Bonchev–Trinajstić information content (AvgIpc) is 2.35. The largest absolute Gasteiger partial charge is 0.313 e. The maximum Gasteiger partial charge on any atom is 0.0635 e. The minimum atomic E-state index is 0.633. The summed E-state index contributed by atoms with van der Waals surface area (Å²) in [5.74, 6) is 0. The molecule has 16 heavy (non-hydrogen) atoms. The highest BCUT2D eigenvalue weighted by molar-refractivity contribution is 5.05. The third-order valence-electron chi connectivity index (χ3n) is 2.79. The molecule has 0 spiro atoms. The van der Waals surface area contributed by atoms with Crippen molar-refractivity contribution in [3.8, 4) is 6.07 Å². The fourth-order valence-corrected chi connectivity index (χ4v) is 2.02. The number of rotatable bonds is 4. The van der Waals surface area contributed by atoms with Crippen molar-refractivity contribution in [1.82, 2.24) is 5.32 Å². The SMILES string of the molecule is CC.CCC=C1CCC(NCCC#N)CC1. The molecule has 2 heteroatoms. The van der Waals surface area contributed by atoms with Gasteiger partial charge in [0.1, 0.15) is 0 Å². The van der Waals surface area contributed by atoms with Gasteiger partial charge in [0, 0.05) is 19.0 Å². The van der Waals surface area contributed by atoms with Gasteiger partial charge in [0.25, 0.3) is 0 Å². The van der Waals surface area contributed by atoms with E-state index in [1.807, 2.05) is 13.8 Å². The minimum absolute atomic E-state index is 0.633. The molecule has 0 aromatic rings. The van der Waals surface area contributed by atoms with E-state index in [-0.39, 0.29) is 0 Å². The van der Waals surface area contributed by atoms with E-state index in [4.69, 9.17) is 5.26 Å². The van der Waals surface area contributed by atoms with Crippen LogP contribution in [0.4, 0.5) is 0 Å².